The molecule has 0 fully saturated rings. The molecule has 4 aromatic carbocycles. The number of hydrogen-bond donors (Lipinski definition) is 3. The van der Waals surface area contributed by atoms with Crippen molar-refractivity contribution in [1.82, 2.24) is 10.6 Å². The Kier molecular flexibility index (Phi) is 10.6. The lowest BCUT2D eigenvalue weighted by molar-refractivity contribution is -0.117. The van der Waals surface area contributed by atoms with E-state index in [0.29, 0.717) is 48.8 Å². The van der Waals surface area contributed by atoms with Crippen molar-refractivity contribution in [3.05, 3.63) is 125 Å². The van der Waals surface area contributed by atoms with E-state index >= 15 is 0 Å². The molecular weight excluding hydrogens is 540 g/mol. The molecular formula is C36H38N2O5. The van der Waals surface area contributed by atoms with Crippen LogP contribution >= 0.6 is 0 Å². The minimum atomic E-state index is -0.845. The molecule has 222 valence electrons. The van der Waals surface area contributed by atoms with Gasteiger partial charge in [-0.3, -0.25) is 4.79 Å². The van der Waals surface area contributed by atoms with Crippen LogP contribution in [-0.2, 0) is 22.5 Å². The van der Waals surface area contributed by atoms with Crippen LogP contribution in [0.2, 0.25) is 0 Å². The minimum Gasteiger partial charge on any atom is -0.493 e. The molecule has 4 aromatic rings. The molecule has 2 atom stereocenters. The fourth-order valence-corrected chi connectivity index (χ4v) is 5.05. The van der Waals surface area contributed by atoms with Gasteiger partial charge in [0.25, 0.3) is 5.91 Å². The Morgan fingerprint density at radius 3 is 2.44 bits per heavy atom. The number of rotatable bonds is 14. The Balaban J connectivity index is 1.29. The first-order valence-electron chi connectivity index (χ1n) is 14.6. The van der Waals surface area contributed by atoms with Crippen molar-refractivity contribution >= 4 is 17.6 Å². The third kappa shape index (κ3) is 8.32. The van der Waals surface area contributed by atoms with E-state index in [9.17, 15) is 9.90 Å². The fourth-order valence-electron chi connectivity index (χ4n) is 5.05. The van der Waals surface area contributed by atoms with Gasteiger partial charge in [0.15, 0.2) is 0 Å². The molecule has 1 heterocycles. The highest BCUT2D eigenvalue weighted by Crippen LogP contribution is 2.37. The number of aliphatic hydroxyl groups excluding tert-OH is 1. The Bertz CT molecular complexity index is 1520. The Hall–Kier alpha value is -4.43. The number of methoxy groups -OCH3 is 1. The van der Waals surface area contributed by atoms with Crippen molar-refractivity contribution in [3.8, 4) is 17.2 Å². The SMILES string of the molecule is COCCCOc1cccc(CNC[C@@H](O)[C@H](Cc2ccccc2)NC(=O)C2=Cc3ccccc3Oc3ccccc32)c1. The molecule has 1 aliphatic rings. The first-order chi connectivity index (χ1) is 21.1. The van der Waals surface area contributed by atoms with Crippen LogP contribution in [0.15, 0.2) is 103 Å². The van der Waals surface area contributed by atoms with E-state index < -0.39 is 12.1 Å². The van der Waals surface area contributed by atoms with Gasteiger partial charge in [0, 0.05) is 44.4 Å². The van der Waals surface area contributed by atoms with E-state index in [4.69, 9.17) is 14.2 Å². The topological polar surface area (TPSA) is 89.0 Å². The summed E-state index contributed by atoms with van der Waals surface area (Å²) in [4.78, 5) is 13.9. The number of hydrogen-bond acceptors (Lipinski definition) is 6. The van der Waals surface area contributed by atoms with Crippen LogP contribution in [0, 0.1) is 0 Å². The Morgan fingerprint density at radius 1 is 0.860 bits per heavy atom. The second kappa shape index (κ2) is 15.2. The molecule has 3 N–H and O–H groups in total. The van der Waals surface area contributed by atoms with Gasteiger partial charge in [-0.05, 0) is 47.9 Å². The van der Waals surface area contributed by atoms with Crippen LogP contribution in [-0.4, -0.2) is 50.0 Å². The van der Waals surface area contributed by atoms with E-state index in [0.717, 1.165) is 28.9 Å². The lowest BCUT2D eigenvalue weighted by Gasteiger charge is -2.25. The third-order valence-corrected chi connectivity index (χ3v) is 7.28. The van der Waals surface area contributed by atoms with E-state index in [1.165, 1.54) is 0 Å². The maximum absolute atomic E-state index is 13.9. The summed E-state index contributed by atoms with van der Waals surface area (Å²) in [5, 5.41) is 17.9. The number of para-hydroxylation sites is 2. The smallest absolute Gasteiger partial charge is 0.252 e. The quantitative estimate of drug-likeness (QED) is 0.168. The summed E-state index contributed by atoms with van der Waals surface area (Å²) in [6, 6.07) is 32.4. The van der Waals surface area contributed by atoms with Gasteiger partial charge in [-0.2, -0.15) is 0 Å². The van der Waals surface area contributed by atoms with Crippen molar-refractivity contribution in [3.63, 3.8) is 0 Å². The van der Waals surface area contributed by atoms with Gasteiger partial charge in [-0.15, -0.1) is 0 Å². The average molecular weight is 579 g/mol. The second-order valence-corrected chi connectivity index (χ2v) is 10.5. The molecule has 0 radical (unpaired) electrons. The molecule has 0 unspecified atom stereocenters. The second-order valence-electron chi connectivity index (χ2n) is 10.5. The van der Waals surface area contributed by atoms with Gasteiger partial charge in [0.2, 0.25) is 0 Å². The maximum atomic E-state index is 13.9. The largest absolute Gasteiger partial charge is 0.493 e. The van der Waals surface area contributed by atoms with Crippen LogP contribution in [0.5, 0.6) is 17.2 Å². The summed E-state index contributed by atoms with van der Waals surface area (Å²) in [6.07, 6.45) is 2.30. The molecule has 5 rings (SSSR count). The van der Waals surface area contributed by atoms with Crippen molar-refractivity contribution in [2.45, 2.75) is 31.5 Å². The molecule has 0 spiro atoms. The van der Waals surface area contributed by atoms with E-state index in [2.05, 4.69) is 10.6 Å². The van der Waals surface area contributed by atoms with E-state index in [-0.39, 0.29) is 12.5 Å². The number of carbonyl (C=O) groups is 1. The molecule has 1 aliphatic heterocycles. The first kappa shape index (κ1) is 30.0. The molecule has 0 aromatic heterocycles. The van der Waals surface area contributed by atoms with E-state index in [1.807, 2.05) is 109 Å². The van der Waals surface area contributed by atoms with Gasteiger partial charge in [-0.25, -0.2) is 0 Å². The number of fused-ring (bicyclic) bond motifs is 2. The summed E-state index contributed by atoms with van der Waals surface area (Å²) in [7, 11) is 1.68. The normalized spacial score (nSPS) is 13.4. The fraction of sp³-hybridized carbons (Fsp3) is 0.250. The zero-order valence-electron chi connectivity index (χ0n) is 24.4. The number of nitrogens with one attached hydrogen (secondary N) is 2. The molecule has 1 amide bonds. The lowest BCUT2D eigenvalue weighted by Crippen LogP contribution is -2.48. The molecule has 7 nitrogen and oxygen atoms in total. The van der Waals surface area contributed by atoms with Gasteiger partial charge in [0.05, 0.1) is 24.3 Å². The summed E-state index contributed by atoms with van der Waals surface area (Å²) in [6.45, 7) is 2.08. The van der Waals surface area contributed by atoms with Gasteiger partial charge in [0.1, 0.15) is 17.2 Å². The van der Waals surface area contributed by atoms with Crippen molar-refractivity contribution in [1.29, 1.82) is 0 Å². The number of benzene rings is 4. The minimum absolute atomic E-state index is 0.272. The molecule has 0 saturated carbocycles. The summed E-state index contributed by atoms with van der Waals surface area (Å²) < 4.78 is 17.1. The standard InChI is InChI=1S/C36H38N2O5/c1-41-19-10-20-42-29-15-9-13-27(21-29)24-37-25-33(39)32(22-26-11-3-2-4-12-26)38-36(40)31-23-28-14-5-7-17-34(28)43-35-18-8-6-16-30(31)35/h2-9,11-18,21,23,32-33,37,39H,10,19-20,22,24-25H2,1H3,(H,38,40)/t32-,33+/m0/s1. The highest BCUT2D eigenvalue weighted by molar-refractivity contribution is 6.25. The van der Waals surface area contributed by atoms with Crippen LogP contribution < -0.4 is 20.1 Å². The average Bonchev–Trinajstić information content (AvgIpc) is 3.20. The summed E-state index contributed by atoms with van der Waals surface area (Å²) in [5.41, 5.74) is 4.07. The number of amides is 1. The Labute approximate surface area is 253 Å². The van der Waals surface area contributed by atoms with Crippen LogP contribution in [0.25, 0.3) is 11.6 Å². The van der Waals surface area contributed by atoms with E-state index in [1.54, 1.807) is 7.11 Å². The number of carbonyl (C=O) groups excluding carboxylic acids is 1. The van der Waals surface area contributed by atoms with Gasteiger partial charge >= 0.3 is 0 Å². The number of aliphatic hydroxyl groups is 1. The van der Waals surface area contributed by atoms with Gasteiger partial charge < -0.3 is 30.0 Å². The lowest BCUT2D eigenvalue weighted by atomic mass is 9.98. The zero-order valence-corrected chi connectivity index (χ0v) is 24.4. The predicted octanol–water partition coefficient (Wildman–Crippen LogP) is 5.63. The molecule has 7 heteroatoms. The predicted molar refractivity (Wildman–Crippen MR) is 169 cm³/mol. The summed E-state index contributed by atoms with van der Waals surface area (Å²) in [5.74, 6) is 1.83. The highest BCUT2D eigenvalue weighted by Gasteiger charge is 2.26. The monoisotopic (exact) mass is 578 g/mol. The molecule has 0 saturated heterocycles. The maximum Gasteiger partial charge on any atom is 0.252 e. The molecule has 43 heavy (non-hydrogen) atoms. The Morgan fingerprint density at radius 2 is 1.60 bits per heavy atom. The van der Waals surface area contributed by atoms with Crippen molar-refractivity contribution in [2.24, 2.45) is 0 Å². The zero-order chi connectivity index (χ0) is 29.9. The van der Waals surface area contributed by atoms with Crippen LogP contribution in [0.4, 0.5) is 0 Å². The highest BCUT2D eigenvalue weighted by atomic mass is 16.5. The molecule has 0 bridgehead atoms. The van der Waals surface area contributed by atoms with Gasteiger partial charge in [-0.1, -0.05) is 78.9 Å². The van der Waals surface area contributed by atoms with Crippen LogP contribution in [0.1, 0.15) is 28.7 Å². The summed E-state index contributed by atoms with van der Waals surface area (Å²) >= 11 is 0. The third-order valence-electron chi connectivity index (χ3n) is 7.28. The van der Waals surface area contributed by atoms with Crippen molar-refractivity contribution in [2.75, 3.05) is 26.9 Å². The molecule has 0 aliphatic carbocycles. The van der Waals surface area contributed by atoms with Crippen molar-refractivity contribution < 1.29 is 24.1 Å². The van der Waals surface area contributed by atoms with Crippen LogP contribution in [0.3, 0.4) is 0 Å². The number of ether oxygens (including phenoxy) is 3. The first-order valence-corrected chi connectivity index (χ1v) is 14.6.